The molecule has 1 amide bonds. The first-order valence-electron chi connectivity index (χ1n) is 16.4. The molecule has 250 valence electrons. The maximum Gasteiger partial charge on any atom is 0.318 e. The van der Waals surface area contributed by atoms with Gasteiger partial charge in [-0.25, -0.2) is 0 Å². The van der Waals surface area contributed by atoms with Gasteiger partial charge in [-0.2, -0.15) is 22.6 Å². The molecule has 0 aliphatic carbocycles. The van der Waals surface area contributed by atoms with Gasteiger partial charge in [0.1, 0.15) is 5.82 Å². The normalized spacial score (nSPS) is 18.1. The van der Waals surface area contributed by atoms with E-state index in [1.54, 1.807) is 6.26 Å². The highest BCUT2D eigenvalue weighted by Gasteiger charge is 2.29. The average Bonchev–Trinajstić information content (AvgIpc) is 3.11. The zero-order valence-electron chi connectivity index (χ0n) is 27.8. The summed E-state index contributed by atoms with van der Waals surface area (Å²) in [6.07, 6.45) is 5.06. The van der Waals surface area contributed by atoms with E-state index in [9.17, 15) is 4.79 Å². The molecule has 4 heterocycles. The zero-order valence-corrected chi connectivity index (χ0v) is 29.4. The summed E-state index contributed by atoms with van der Waals surface area (Å²) in [7, 11) is 0. The van der Waals surface area contributed by atoms with Gasteiger partial charge in [0.2, 0.25) is 5.91 Å². The summed E-state index contributed by atoms with van der Waals surface area (Å²) in [5.41, 5.74) is 3.26. The van der Waals surface area contributed by atoms with Crippen LogP contribution in [0.5, 0.6) is 6.01 Å². The number of anilines is 2. The third-order valence-electron chi connectivity index (χ3n) is 8.44. The van der Waals surface area contributed by atoms with Crippen LogP contribution in [0.1, 0.15) is 38.4 Å². The largest absolute Gasteiger partial charge is 0.463 e. The Hall–Kier alpha value is -3.05. The van der Waals surface area contributed by atoms with Crippen molar-refractivity contribution >= 4 is 52.4 Å². The van der Waals surface area contributed by atoms with Crippen LogP contribution in [0, 0.1) is 0 Å². The number of amides is 1. The Morgan fingerprint density at radius 1 is 1.07 bits per heavy atom. The molecular weight excluding hydrogens is 620 g/mol. The van der Waals surface area contributed by atoms with Gasteiger partial charge >= 0.3 is 6.01 Å². The predicted molar refractivity (Wildman–Crippen MR) is 193 cm³/mol. The Morgan fingerprint density at radius 3 is 2.52 bits per heavy atom. The molecule has 6 rings (SSSR count). The molecule has 3 aliphatic rings. The summed E-state index contributed by atoms with van der Waals surface area (Å²) in [5.74, 6) is 0.903. The van der Waals surface area contributed by atoms with Gasteiger partial charge in [-0.15, -0.1) is 0 Å². The lowest BCUT2D eigenvalue weighted by Crippen LogP contribution is -2.49. The molecule has 0 spiro atoms. The maximum atomic E-state index is 12.2. The number of carbonyl (C=O) groups excluding carboxylic acids is 1. The quantitative estimate of drug-likeness (QED) is 0.185. The molecule has 2 saturated heterocycles. The van der Waals surface area contributed by atoms with Gasteiger partial charge in [0.15, 0.2) is 0 Å². The Morgan fingerprint density at radius 2 is 1.80 bits per heavy atom. The molecule has 11 heteroatoms. The summed E-state index contributed by atoms with van der Waals surface area (Å²) in [6, 6.07) is 12.8. The van der Waals surface area contributed by atoms with E-state index in [2.05, 4.69) is 65.1 Å². The molecule has 0 saturated carbocycles. The summed E-state index contributed by atoms with van der Waals surface area (Å²) in [5, 5.41) is 2.94. The molecule has 3 aliphatic heterocycles. The minimum absolute atomic E-state index is 0.0255. The number of halogens is 1. The lowest BCUT2D eigenvalue weighted by Gasteiger charge is -2.38. The average molecular weight is 669 g/mol. The molecule has 1 aromatic heterocycles. The van der Waals surface area contributed by atoms with Gasteiger partial charge in [-0.3, -0.25) is 9.69 Å². The van der Waals surface area contributed by atoms with E-state index < -0.39 is 0 Å². The number of thiol groups is 1. The first-order valence-corrected chi connectivity index (χ1v) is 17.7. The zero-order chi connectivity index (χ0) is 33.1. The predicted octanol–water partition coefficient (Wildman–Crippen LogP) is 5.74. The smallest absolute Gasteiger partial charge is 0.318 e. The van der Waals surface area contributed by atoms with Crippen molar-refractivity contribution in [1.29, 1.82) is 0 Å². The van der Waals surface area contributed by atoms with E-state index in [-0.39, 0.29) is 12.0 Å². The van der Waals surface area contributed by atoms with Crippen LogP contribution in [-0.2, 0) is 22.5 Å². The third kappa shape index (κ3) is 8.64. The van der Waals surface area contributed by atoms with Crippen molar-refractivity contribution in [3.05, 3.63) is 65.3 Å². The fourth-order valence-corrected chi connectivity index (χ4v) is 6.55. The first kappa shape index (κ1) is 35.8. The number of benzene rings is 2. The number of hydrogen-bond donors (Lipinski definition) is 1. The molecule has 9 nitrogen and oxygen atoms in total. The molecule has 1 atom stereocenters. The second kappa shape index (κ2) is 17.8. The van der Waals surface area contributed by atoms with Crippen LogP contribution in [0.25, 0.3) is 10.8 Å². The molecule has 2 aromatic carbocycles. The van der Waals surface area contributed by atoms with Gasteiger partial charge in [0.05, 0.1) is 36.6 Å². The van der Waals surface area contributed by atoms with E-state index in [0.717, 1.165) is 84.2 Å². The monoisotopic (exact) mass is 668 g/mol. The van der Waals surface area contributed by atoms with Crippen molar-refractivity contribution in [2.75, 3.05) is 81.6 Å². The van der Waals surface area contributed by atoms with Crippen molar-refractivity contribution in [1.82, 2.24) is 19.8 Å². The third-order valence-corrected chi connectivity index (χ3v) is 8.75. The van der Waals surface area contributed by atoms with Gasteiger partial charge in [-0.05, 0) is 49.6 Å². The van der Waals surface area contributed by atoms with Crippen molar-refractivity contribution in [2.24, 2.45) is 0 Å². The number of rotatable bonds is 8. The first-order chi connectivity index (χ1) is 22.5. The summed E-state index contributed by atoms with van der Waals surface area (Å²) >= 11 is 10.2. The highest BCUT2D eigenvalue weighted by atomic mass is 35.5. The number of piperazine rings is 1. The van der Waals surface area contributed by atoms with E-state index in [4.69, 9.17) is 31.0 Å². The second-order valence-electron chi connectivity index (χ2n) is 11.2. The molecule has 0 unspecified atom stereocenters. The number of morpholine rings is 1. The fraction of sp³-hybridized carbons (Fsp3) is 0.514. The lowest BCUT2D eigenvalue weighted by molar-refractivity contribution is -0.126. The highest BCUT2D eigenvalue weighted by Crippen LogP contribution is 2.37. The SMILES string of the molecule is C=CC(=O)N1CCN(c2nc(OCCCN3CCO[C@@H](C)C3)nc3c2CCN(c2cccc4cccc(Cl)c24)C3)CC1.CC.CS. The minimum atomic E-state index is -0.0255. The Balaban J connectivity index is 0.00000116. The van der Waals surface area contributed by atoms with Crippen LogP contribution in [-0.4, -0.2) is 104 Å². The van der Waals surface area contributed by atoms with E-state index in [1.807, 2.05) is 30.9 Å². The maximum absolute atomic E-state index is 12.2. The number of nitrogens with zero attached hydrogens (tertiary/aromatic N) is 6. The minimum Gasteiger partial charge on any atom is -0.463 e. The van der Waals surface area contributed by atoms with Crippen LogP contribution >= 0.6 is 24.2 Å². The molecule has 3 aromatic rings. The molecule has 0 radical (unpaired) electrons. The Kier molecular flexibility index (Phi) is 13.8. The van der Waals surface area contributed by atoms with E-state index in [1.165, 1.54) is 6.08 Å². The molecule has 46 heavy (non-hydrogen) atoms. The van der Waals surface area contributed by atoms with E-state index in [0.29, 0.717) is 45.3 Å². The van der Waals surface area contributed by atoms with Gasteiger partial charge in [0.25, 0.3) is 0 Å². The second-order valence-corrected chi connectivity index (χ2v) is 11.6. The van der Waals surface area contributed by atoms with Gasteiger partial charge in [0, 0.05) is 69.0 Å². The number of carbonyl (C=O) groups is 1. The molecule has 0 bridgehead atoms. The molecular formula is C35H49ClN6O3S. The van der Waals surface area contributed by atoms with Crippen molar-refractivity contribution in [2.45, 2.75) is 46.3 Å². The fourth-order valence-electron chi connectivity index (χ4n) is 6.27. The summed E-state index contributed by atoms with van der Waals surface area (Å²) < 4.78 is 11.9. The number of hydrogen-bond acceptors (Lipinski definition) is 9. The van der Waals surface area contributed by atoms with Crippen molar-refractivity contribution < 1.29 is 14.3 Å². The van der Waals surface area contributed by atoms with Crippen LogP contribution in [0.4, 0.5) is 11.5 Å². The van der Waals surface area contributed by atoms with Gasteiger partial charge < -0.3 is 24.2 Å². The Bertz CT molecular complexity index is 1450. The van der Waals surface area contributed by atoms with Crippen molar-refractivity contribution in [3.8, 4) is 6.01 Å². The number of ether oxygens (including phenoxy) is 2. The lowest BCUT2D eigenvalue weighted by atomic mass is 10.0. The van der Waals surface area contributed by atoms with Crippen LogP contribution < -0.4 is 14.5 Å². The summed E-state index contributed by atoms with van der Waals surface area (Å²) in [4.78, 5) is 31.0. The standard InChI is InChI=1S/C32H39ClN6O3.C2H6.CH4S/c1-3-29(40)37-14-16-38(17-15-37)31-25-11-13-39(28-10-5-8-24-7-4-9-26(33)30(24)28)22-27(25)34-32(35-31)42-19-6-12-36-18-20-41-23(2)21-36;2*1-2/h3-5,7-10,23H,1,6,11-22H2,2H3;1-2H3;2H,1H3/t23-;;/m0../s1. The number of aromatic nitrogens is 2. The van der Waals surface area contributed by atoms with Crippen molar-refractivity contribution in [3.63, 3.8) is 0 Å². The molecule has 0 N–H and O–H groups in total. The van der Waals surface area contributed by atoms with Gasteiger partial charge in [-0.1, -0.05) is 56.3 Å². The van der Waals surface area contributed by atoms with Crippen LogP contribution in [0.15, 0.2) is 49.1 Å². The number of fused-ring (bicyclic) bond motifs is 2. The highest BCUT2D eigenvalue weighted by molar-refractivity contribution is 7.79. The Labute approximate surface area is 284 Å². The van der Waals surface area contributed by atoms with E-state index >= 15 is 0 Å². The molecule has 2 fully saturated rings. The van der Waals surface area contributed by atoms with Crippen LogP contribution in [0.3, 0.4) is 0 Å². The van der Waals surface area contributed by atoms with Crippen LogP contribution in [0.2, 0.25) is 5.02 Å². The topological polar surface area (TPSA) is 74.3 Å². The summed E-state index contributed by atoms with van der Waals surface area (Å²) in [6.45, 7) is 18.1.